The number of carbonyl (C=O) groups excluding carboxylic acids is 1. The van der Waals surface area contributed by atoms with Crippen LogP contribution in [-0.4, -0.2) is 27.1 Å². The molecule has 0 bridgehead atoms. The fraction of sp³-hybridized carbons (Fsp3) is 0.0556. The smallest absolute Gasteiger partial charge is 0.255 e. The van der Waals surface area contributed by atoms with Gasteiger partial charge >= 0.3 is 0 Å². The highest BCUT2D eigenvalue weighted by Gasteiger charge is 2.14. The van der Waals surface area contributed by atoms with Gasteiger partial charge in [0.15, 0.2) is 0 Å². The molecule has 138 valence electrons. The maximum absolute atomic E-state index is 12.3. The van der Waals surface area contributed by atoms with Crippen molar-refractivity contribution in [1.29, 1.82) is 0 Å². The van der Waals surface area contributed by atoms with Crippen LogP contribution in [0.5, 0.6) is 0 Å². The van der Waals surface area contributed by atoms with E-state index in [0.29, 0.717) is 11.0 Å². The van der Waals surface area contributed by atoms with E-state index < -0.39 is 22.5 Å². The van der Waals surface area contributed by atoms with Gasteiger partial charge in [0.25, 0.3) is 5.91 Å². The molecule has 0 fully saturated rings. The van der Waals surface area contributed by atoms with Crippen molar-refractivity contribution in [3.63, 3.8) is 0 Å². The van der Waals surface area contributed by atoms with E-state index >= 15 is 0 Å². The highest BCUT2D eigenvalue weighted by Crippen LogP contribution is 2.09. The Kier molecular flexibility index (Phi) is 5.43. The van der Waals surface area contributed by atoms with Crippen molar-refractivity contribution < 1.29 is 17.6 Å². The number of carbonyl (C=O) groups is 1. The van der Waals surface area contributed by atoms with Gasteiger partial charge in [-0.15, -0.1) is 0 Å². The van der Waals surface area contributed by atoms with Gasteiger partial charge in [0, 0.05) is 0 Å². The van der Waals surface area contributed by atoms with Crippen molar-refractivity contribution in [2.45, 2.75) is 4.90 Å². The van der Waals surface area contributed by atoms with Gasteiger partial charge in [-0.3, -0.25) is 9.59 Å². The van der Waals surface area contributed by atoms with Gasteiger partial charge in [-0.05, 0) is 24.3 Å². The minimum Gasteiger partial charge on any atom is -0.463 e. The zero-order valence-corrected chi connectivity index (χ0v) is 14.8. The molecule has 0 aliphatic carbocycles. The summed E-state index contributed by atoms with van der Waals surface area (Å²) in [7, 11) is -3.79. The fourth-order valence-corrected chi connectivity index (χ4v) is 3.24. The fourth-order valence-electron chi connectivity index (χ4n) is 2.24. The lowest BCUT2D eigenvalue weighted by Gasteiger charge is -2.05. The van der Waals surface area contributed by atoms with Crippen LogP contribution in [0.3, 0.4) is 0 Å². The van der Waals surface area contributed by atoms with Gasteiger partial charge in [0.05, 0.1) is 28.6 Å². The zero-order valence-electron chi connectivity index (χ0n) is 14.0. The quantitative estimate of drug-likeness (QED) is 0.489. The minimum absolute atomic E-state index is 0.0510. The molecule has 0 unspecified atom stereocenters. The number of amides is 1. The van der Waals surface area contributed by atoms with Crippen LogP contribution in [-0.2, 0) is 14.8 Å². The number of hydrazone groups is 1. The zero-order chi connectivity index (χ0) is 19.3. The number of para-hydroxylation sites is 1. The van der Waals surface area contributed by atoms with Crippen molar-refractivity contribution >= 4 is 33.1 Å². The van der Waals surface area contributed by atoms with E-state index in [1.54, 1.807) is 42.5 Å². The van der Waals surface area contributed by atoms with E-state index in [1.807, 2.05) is 0 Å². The molecular formula is C18H15N3O5S. The van der Waals surface area contributed by atoms with Gasteiger partial charge < -0.3 is 4.42 Å². The van der Waals surface area contributed by atoms with E-state index in [9.17, 15) is 18.0 Å². The molecule has 1 heterocycles. The number of rotatable bonds is 6. The average molecular weight is 385 g/mol. The Labute approximate surface area is 154 Å². The first kappa shape index (κ1) is 18.5. The summed E-state index contributed by atoms with van der Waals surface area (Å²) in [5.74, 6) is -0.684. The topological polar surface area (TPSA) is 118 Å². The summed E-state index contributed by atoms with van der Waals surface area (Å²) in [6.45, 7) is -0.499. The highest BCUT2D eigenvalue weighted by atomic mass is 32.2. The first-order valence-electron chi connectivity index (χ1n) is 7.84. The SMILES string of the molecule is O=C(CNS(=O)(=O)c1ccccc1)NN=Cc1coc2ccccc2c1=O. The Morgan fingerprint density at radius 2 is 1.78 bits per heavy atom. The molecule has 3 aromatic rings. The monoisotopic (exact) mass is 385 g/mol. The predicted octanol–water partition coefficient (Wildman–Crippen LogP) is 1.22. The molecule has 0 aliphatic rings. The molecule has 27 heavy (non-hydrogen) atoms. The second-order valence-electron chi connectivity index (χ2n) is 5.45. The summed E-state index contributed by atoms with van der Waals surface area (Å²) in [6.07, 6.45) is 2.38. The summed E-state index contributed by atoms with van der Waals surface area (Å²) in [6, 6.07) is 14.4. The van der Waals surface area contributed by atoms with E-state index in [4.69, 9.17) is 4.42 Å². The summed E-state index contributed by atoms with van der Waals surface area (Å²) >= 11 is 0. The lowest BCUT2D eigenvalue weighted by atomic mass is 10.2. The van der Waals surface area contributed by atoms with Crippen molar-refractivity contribution in [1.82, 2.24) is 10.1 Å². The van der Waals surface area contributed by atoms with Crippen LogP contribution in [0.4, 0.5) is 0 Å². The second kappa shape index (κ2) is 7.94. The van der Waals surface area contributed by atoms with Gasteiger partial charge in [0.2, 0.25) is 15.5 Å². The van der Waals surface area contributed by atoms with Crippen LogP contribution in [0.25, 0.3) is 11.0 Å². The lowest BCUT2D eigenvalue weighted by molar-refractivity contribution is -0.119. The molecule has 0 aliphatic heterocycles. The summed E-state index contributed by atoms with van der Waals surface area (Å²) in [4.78, 5) is 24.1. The number of sulfonamides is 1. The number of benzene rings is 2. The third-order valence-electron chi connectivity index (χ3n) is 3.58. The summed E-state index contributed by atoms with van der Waals surface area (Å²) < 4.78 is 31.5. The number of nitrogens with one attached hydrogen (secondary N) is 2. The van der Waals surface area contributed by atoms with E-state index in [0.717, 1.165) is 6.21 Å². The first-order valence-corrected chi connectivity index (χ1v) is 9.33. The molecule has 0 saturated carbocycles. The molecule has 9 heteroatoms. The first-order chi connectivity index (χ1) is 13.0. The van der Waals surface area contributed by atoms with Gasteiger partial charge in [-0.2, -0.15) is 5.10 Å². The average Bonchev–Trinajstić information content (AvgIpc) is 2.69. The largest absolute Gasteiger partial charge is 0.463 e. The van der Waals surface area contributed by atoms with Gasteiger partial charge in [-0.1, -0.05) is 30.3 Å². The van der Waals surface area contributed by atoms with Gasteiger partial charge in [0.1, 0.15) is 11.8 Å². The molecule has 0 spiro atoms. The van der Waals surface area contributed by atoms with Crippen molar-refractivity contribution in [2.24, 2.45) is 5.10 Å². The number of nitrogens with zero attached hydrogens (tertiary/aromatic N) is 1. The summed E-state index contributed by atoms with van der Waals surface area (Å²) in [5.41, 5.74) is 2.46. The van der Waals surface area contributed by atoms with Gasteiger partial charge in [-0.25, -0.2) is 18.6 Å². The predicted molar refractivity (Wildman–Crippen MR) is 99.9 cm³/mol. The molecule has 2 aromatic carbocycles. The second-order valence-corrected chi connectivity index (χ2v) is 7.21. The van der Waals surface area contributed by atoms with Crippen LogP contribution in [0.1, 0.15) is 5.56 Å². The standard InChI is InChI=1S/C18H15N3O5S/c22-17(11-20-27(24,25)14-6-2-1-3-7-14)21-19-10-13-12-26-16-9-5-4-8-15(16)18(13)23/h1-10,12,20H,11H2,(H,21,22). The van der Waals surface area contributed by atoms with Crippen LogP contribution in [0, 0.1) is 0 Å². The Morgan fingerprint density at radius 3 is 2.56 bits per heavy atom. The Hall–Kier alpha value is -3.30. The third-order valence-corrected chi connectivity index (χ3v) is 4.99. The van der Waals surface area contributed by atoms with Crippen LogP contribution in [0.15, 0.2) is 80.1 Å². The number of hydrogen-bond acceptors (Lipinski definition) is 6. The third kappa shape index (κ3) is 4.46. The molecule has 0 radical (unpaired) electrons. The number of hydrogen-bond donors (Lipinski definition) is 2. The molecule has 8 nitrogen and oxygen atoms in total. The summed E-state index contributed by atoms with van der Waals surface area (Å²) in [5, 5.41) is 4.06. The molecule has 2 N–H and O–H groups in total. The van der Waals surface area contributed by atoms with E-state index in [2.05, 4.69) is 15.2 Å². The number of fused-ring (bicyclic) bond motifs is 1. The Balaban J connectivity index is 1.61. The van der Waals surface area contributed by atoms with Crippen molar-refractivity contribution in [3.05, 3.63) is 76.6 Å². The molecule has 0 atom stereocenters. The minimum atomic E-state index is -3.79. The van der Waals surface area contributed by atoms with Crippen LogP contribution >= 0.6 is 0 Å². The lowest BCUT2D eigenvalue weighted by Crippen LogP contribution is -2.35. The van der Waals surface area contributed by atoms with Crippen molar-refractivity contribution in [3.8, 4) is 0 Å². The van der Waals surface area contributed by atoms with E-state index in [1.165, 1.54) is 18.4 Å². The Bertz CT molecular complexity index is 1150. The normalized spacial score (nSPS) is 11.7. The maximum atomic E-state index is 12.3. The van der Waals surface area contributed by atoms with Crippen LogP contribution in [0.2, 0.25) is 0 Å². The van der Waals surface area contributed by atoms with E-state index in [-0.39, 0.29) is 15.9 Å². The van der Waals surface area contributed by atoms with Crippen molar-refractivity contribution in [2.75, 3.05) is 6.54 Å². The maximum Gasteiger partial charge on any atom is 0.255 e. The molecule has 1 amide bonds. The molecular weight excluding hydrogens is 370 g/mol. The molecule has 3 rings (SSSR count). The molecule has 0 saturated heterocycles. The van der Waals surface area contributed by atoms with Crippen LogP contribution < -0.4 is 15.6 Å². The molecule has 1 aromatic heterocycles. The Morgan fingerprint density at radius 1 is 1.07 bits per heavy atom. The highest BCUT2D eigenvalue weighted by molar-refractivity contribution is 7.89.